The summed E-state index contributed by atoms with van der Waals surface area (Å²) in [4.78, 5) is 0. The summed E-state index contributed by atoms with van der Waals surface area (Å²) in [5.74, 6) is 4.54. The zero-order valence-electron chi connectivity index (χ0n) is 18.7. The second kappa shape index (κ2) is 8.77. The second-order valence-corrected chi connectivity index (χ2v) is 12.7. The van der Waals surface area contributed by atoms with E-state index in [9.17, 15) is 9.67 Å². The van der Waals surface area contributed by atoms with Crippen LogP contribution in [0.1, 0.15) is 85.0 Å². The van der Waals surface area contributed by atoms with Gasteiger partial charge in [-0.05, 0) is 111 Å². The van der Waals surface area contributed by atoms with E-state index in [2.05, 4.69) is 30.2 Å². The molecule has 0 spiro atoms. The fraction of sp³-hybridized carbons (Fsp3) is 1.00. The van der Waals surface area contributed by atoms with Crippen LogP contribution in [0.4, 0.5) is 0 Å². The maximum absolute atomic E-state index is 11.6. The Hall–Kier alpha value is 0.450. The molecule has 4 saturated carbocycles. The molecule has 166 valence electrons. The third kappa shape index (κ3) is 3.69. The van der Waals surface area contributed by atoms with Crippen molar-refractivity contribution in [1.29, 1.82) is 0 Å². The van der Waals surface area contributed by atoms with Gasteiger partial charge in [-0.2, -0.15) is 0 Å². The Kier molecular flexibility index (Phi) is 6.84. The standard InChI is InChI=1S/C24H42O3P2/c1-15(5-4-12-25)18-6-7-19-17-14-22(27-28)21-13-16(29-26)8-10-24(21,3)20(17)9-11-23(18,19)2/h15-22,25H,4-14,28H2,1-3H3/t15-,16+,17?,18?,19?,20?,21-,22-,23+,24+/m0/s1. The van der Waals surface area contributed by atoms with Crippen LogP contribution in [-0.4, -0.2) is 23.5 Å². The molecule has 0 aliphatic heterocycles. The highest BCUT2D eigenvalue weighted by molar-refractivity contribution is 7.24. The van der Waals surface area contributed by atoms with Crippen molar-refractivity contribution in [3.63, 3.8) is 0 Å². The minimum absolute atomic E-state index is 0.309. The molecular weight excluding hydrogens is 398 g/mol. The maximum Gasteiger partial charge on any atom is 0.158 e. The van der Waals surface area contributed by atoms with Crippen molar-refractivity contribution in [3.05, 3.63) is 0 Å². The molecule has 4 aliphatic carbocycles. The first-order chi connectivity index (χ1) is 13.9. The average Bonchev–Trinajstić information content (AvgIpc) is 3.08. The van der Waals surface area contributed by atoms with Crippen LogP contribution in [0, 0.1) is 46.3 Å². The Bertz CT molecular complexity index is 601. The maximum atomic E-state index is 11.6. The molecule has 0 aromatic rings. The second-order valence-electron chi connectivity index (χ2n) is 11.5. The lowest BCUT2D eigenvalue weighted by molar-refractivity contribution is -0.149. The molecule has 0 radical (unpaired) electrons. The van der Waals surface area contributed by atoms with E-state index in [1.54, 1.807) is 0 Å². The van der Waals surface area contributed by atoms with Crippen LogP contribution in [0.15, 0.2) is 0 Å². The quantitative estimate of drug-likeness (QED) is 0.480. The molecule has 29 heavy (non-hydrogen) atoms. The molecule has 5 heteroatoms. The van der Waals surface area contributed by atoms with Gasteiger partial charge in [0.15, 0.2) is 8.46 Å². The average molecular weight is 441 g/mol. The zero-order chi connectivity index (χ0) is 20.8. The number of hydrogen-bond donors (Lipinski definition) is 1. The summed E-state index contributed by atoms with van der Waals surface area (Å²) in [6, 6.07) is 0. The summed E-state index contributed by atoms with van der Waals surface area (Å²) < 4.78 is 17.7. The van der Waals surface area contributed by atoms with E-state index in [-0.39, 0.29) is 0 Å². The number of aliphatic hydroxyl groups excluding tert-OH is 1. The van der Waals surface area contributed by atoms with Crippen molar-refractivity contribution in [2.45, 2.75) is 96.7 Å². The smallest absolute Gasteiger partial charge is 0.158 e. The van der Waals surface area contributed by atoms with E-state index in [1.165, 1.54) is 44.9 Å². The molecule has 5 unspecified atom stereocenters. The van der Waals surface area contributed by atoms with Crippen molar-refractivity contribution < 1.29 is 14.2 Å². The largest absolute Gasteiger partial charge is 0.396 e. The van der Waals surface area contributed by atoms with Gasteiger partial charge in [0.25, 0.3) is 0 Å². The molecule has 0 aromatic carbocycles. The fourth-order valence-electron chi connectivity index (χ4n) is 9.08. The summed E-state index contributed by atoms with van der Waals surface area (Å²) in [6.45, 7) is 7.94. The van der Waals surface area contributed by atoms with Crippen LogP contribution >= 0.6 is 17.9 Å². The van der Waals surface area contributed by atoms with E-state index in [4.69, 9.17) is 4.52 Å². The van der Waals surface area contributed by atoms with Crippen molar-refractivity contribution in [2.24, 2.45) is 46.3 Å². The highest BCUT2D eigenvalue weighted by Crippen LogP contribution is 2.69. The van der Waals surface area contributed by atoms with Crippen molar-refractivity contribution >= 4 is 17.9 Å². The lowest BCUT2D eigenvalue weighted by atomic mass is 9.44. The van der Waals surface area contributed by atoms with Gasteiger partial charge in [-0.15, -0.1) is 0 Å². The first-order valence-electron chi connectivity index (χ1n) is 12.2. The molecule has 0 aromatic heterocycles. The molecule has 0 heterocycles. The Morgan fingerprint density at radius 1 is 1.07 bits per heavy atom. The third-order valence-corrected chi connectivity index (χ3v) is 11.6. The molecular formula is C24H42O3P2. The Morgan fingerprint density at radius 2 is 1.79 bits per heavy atom. The number of hydrogen-bond acceptors (Lipinski definition) is 3. The monoisotopic (exact) mass is 440 g/mol. The molecule has 4 fully saturated rings. The van der Waals surface area contributed by atoms with Crippen LogP contribution < -0.4 is 0 Å². The van der Waals surface area contributed by atoms with Crippen LogP contribution in [0.3, 0.4) is 0 Å². The highest BCUT2D eigenvalue weighted by Gasteiger charge is 2.62. The lowest BCUT2D eigenvalue weighted by Gasteiger charge is -2.62. The Labute approximate surface area is 182 Å². The molecule has 0 amide bonds. The number of rotatable bonds is 6. The molecule has 4 rings (SSSR count). The van der Waals surface area contributed by atoms with Gasteiger partial charge in [-0.1, -0.05) is 20.8 Å². The summed E-state index contributed by atoms with van der Waals surface area (Å²) in [5, 5.41) is 9.30. The van der Waals surface area contributed by atoms with E-state index in [1.807, 2.05) is 0 Å². The van der Waals surface area contributed by atoms with Gasteiger partial charge in [0.2, 0.25) is 0 Å². The summed E-state index contributed by atoms with van der Waals surface area (Å²) in [6.07, 6.45) is 12.6. The third-order valence-electron chi connectivity index (χ3n) is 10.5. The van der Waals surface area contributed by atoms with Crippen molar-refractivity contribution in [1.82, 2.24) is 0 Å². The van der Waals surface area contributed by atoms with Crippen molar-refractivity contribution in [2.75, 3.05) is 6.61 Å². The van der Waals surface area contributed by atoms with E-state index in [0.717, 1.165) is 48.9 Å². The van der Waals surface area contributed by atoms with Gasteiger partial charge in [-0.3, -0.25) is 4.57 Å². The van der Waals surface area contributed by atoms with Crippen LogP contribution in [0.2, 0.25) is 0 Å². The normalized spacial score (nSPS) is 50.6. The summed E-state index contributed by atoms with van der Waals surface area (Å²) >= 11 is 0. The number of fused-ring (bicyclic) bond motifs is 5. The zero-order valence-corrected chi connectivity index (χ0v) is 20.7. The number of aliphatic hydroxyl groups is 1. The minimum Gasteiger partial charge on any atom is -0.396 e. The molecule has 3 nitrogen and oxygen atoms in total. The summed E-state index contributed by atoms with van der Waals surface area (Å²) in [5.41, 5.74) is 1.16. The van der Waals surface area contributed by atoms with Crippen LogP contribution in [0.5, 0.6) is 0 Å². The van der Waals surface area contributed by atoms with Crippen molar-refractivity contribution in [3.8, 4) is 0 Å². The predicted molar refractivity (Wildman–Crippen MR) is 122 cm³/mol. The van der Waals surface area contributed by atoms with Gasteiger partial charge in [0.05, 0.1) is 6.10 Å². The van der Waals surface area contributed by atoms with Gasteiger partial charge >= 0.3 is 0 Å². The minimum atomic E-state index is 0.309. The molecule has 11 atom stereocenters. The van der Waals surface area contributed by atoms with Gasteiger partial charge < -0.3 is 9.63 Å². The topological polar surface area (TPSA) is 46.5 Å². The Morgan fingerprint density at radius 3 is 2.48 bits per heavy atom. The highest BCUT2D eigenvalue weighted by atomic mass is 31.1. The van der Waals surface area contributed by atoms with Crippen LogP contribution in [0.25, 0.3) is 0 Å². The SMILES string of the molecule is C[C@@H](CCCO)C1CCC2C3C[C@H](OP)[C@@H]4C[C@H](P=O)CC[C@]4(C)C3CC[C@@]21C. The molecule has 0 bridgehead atoms. The van der Waals surface area contributed by atoms with Gasteiger partial charge in [-0.25, -0.2) is 0 Å². The lowest BCUT2D eigenvalue weighted by Crippen LogP contribution is -2.58. The molecule has 4 aliphatic rings. The Balaban J connectivity index is 1.58. The predicted octanol–water partition coefficient (Wildman–Crippen LogP) is 6.50. The molecule has 0 saturated heterocycles. The first kappa shape index (κ1) is 22.6. The van der Waals surface area contributed by atoms with Gasteiger partial charge in [0, 0.05) is 21.7 Å². The van der Waals surface area contributed by atoms with Crippen LogP contribution in [-0.2, 0) is 9.09 Å². The van der Waals surface area contributed by atoms with E-state index in [0.29, 0.717) is 43.6 Å². The first-order valence-corrected chi connectivity index (χ1v) is 13.5. The van der Waals surface area contributed by atoms with E-state index < -0.39 is 0 Å². The fourth-order valence-corrected chi connectivity index (χ4v) is 9.93. The van der Waals surface area contributed by atoms with Gasteiger partial charge in [0.1, 0.15) is 0 Å². The summed E-state index contributed by atoms with van der Waals surface area (Å²) in [7, 11) is 2.92. The molecule has 1 N–H and O–H groups in total. The van der Waals surface area contributed by atoms with E-state index >= 15 is 0 Å².